The summed E-state index contributed by atoms with van der Waals surface area (Å²) in [6, 6.07) is 13.1. The molecule has 0 unspecified atom stereocenters. The van der Waals surface area contributed by atoms with Crippen LogP contribution in [0.3, 0.4) is 0 Å². The summed E-state index contributed by atoms with van der Waals surface area (Å²) in [4.78, 5) is 17.7. The van der Waals surface area contributed by atoms with Gasteiger partial charge in [-0.25, -0.2) is 0 Å². The average Bonchev–Trinajstić information content (AvgIpc) is 3.28. The van der Waals surface area contributed by atoms with E-state index in [9.17, 15) is 4.79 Å². The molecule has 0 bridgehead atoms. The van der Waals surface area contributed by atoms with Crippen LogP contribution in [0.5, 0.6) is 0 Å². The lowest BCUT2D eigenvalue weighted by Crippen LogP contribution is -2.01. The zero-order chi connectivity index (χ0) is 20.4. The molecule has 2 heterocycles. The molecular weight excluding hydrogens is 360 g/mol. The van der Waals surface area contributed by atoms with Gasteiger partial charge in [0.05, 0.1) is 0 Å². The molecular formula is C25H28N2O2. The summed E-state index contributed by atoms with van der Waals surface area (Å²) in [5.41, 5.74) is 7.49. The van der Waals surface area contributed by atoms with Crippen molar-refractivity contribution in [2.75, 3.05) is 0 Å². The highest BCUT2D eigenvalue weighted by Gasteiger charge is 2.21. The number of carboxylic acid groups (broad SMARTS) is 1. The summed E-state index contributed by atoms with van der Waals surface area (Å²) in [6.07, 6.45) is 8.24. The minimum Gasteiger partial charge on any atom is -0.481 e. The van der Waals surface area contributed by atoms with E-state index in [0.29, 0.717) is 0 Å². The summed E-state index contributed by atoms with van der Waals surface area (Å²) < 4.78 is 0. The Balaban J connectivity index is 1.71. The molecule has 0 saturated heterocycles. The second kappa shape index (κ2) is 8.16. The number of hydrogen-bond acceptors (Lipinski definition) is 1. The van der Waals surface area contributed by atoms with Gasteiger partial charge >= 0.3 is 5.97 Å². The van der Waals surface area contributed by atoms with Crippen molar-refractivity contribution in [3.8, 4) is 0 Å². The predicted molar refractivity (Wildman–Crippen MR) is 119 cm³/mol. The molecule has 4 nitrogen and oxygen atoms in total. The molecule has 2 aromatic carbocycles. The summed E-state index contributed by atoms with van der Waals surface area (Å²) in [7, 11) is 0. The lowest BCUT2D eigenvalue weighted by molar-refractivity contribution is -0.137. The molecule has 29 heavy (non-hydrogen) atoms. The first kappa shape index (κ1) is 19.3. The Bertz CT molecular complexity index is 1070. The maximum absolute atomic E-state index is 10.8. The Kier molecular flexibility index (Phi) is 5.43. The first-order valence-corrected chi connectivity index (χ1v) is 10.4. The zero-order valence-electron chi connectivity index (χ0n) is 17.1. The molecule has 0 atom stereocenters. The van der Waals surface area contributed by atoms with Crippen molar-refractivity contribution in [2.45, 2.75) is 51.9 Å². The van der Waals surface area contributed by atoms with Gasteiger partial charge in [0.1, 0.15) is 0 Å². The first-order valence-electron chi connectivity index (χ1n) is 10.4. The number of aliphatic carboxylic acids is 1. The Hall–Kier alpha value is -3.01. The van der Waals surface area contributed by atoms with E-state index in [4.69, 9.17) is 5.11 Å². The van der Waals surface area contributed by atoms with Gasteiger partial charge in [-0.3, -0.25) is 4.79 Å². The molecule has 4 aromatic rings. The molecule has 0 aliphatic carbocycles. The number of hydrogen-bond donors (Lipinski definition) is 3. The Morgan fingerprint density at radius 1 is 0.862 bits per heavy atom. The van der Waals surface area contributed by atoms with Gasteiger partial charge in [0.2, 0.25) is 0 Å². The summed E-state index contributed by atoms with van der Waals surface area (Å²) in [5.74, 6) is -0.438. The number of aromatic amines is 2. The maximum atomic E-state index is 10.8. The third kappa shape index (κ3) is 4.07. The third-order valence-corrected chi connectivity index (χ3v) is 5.87. The van der Waals surface area contributed by atoms with Crippen molar-refractivity contribution >= 4 is 27.8 Å². The largest absolute Gasteiger partial charge is 0.481 e. The Morgan fingerprint density at radius 2 is 1.41 bits per heavy atom. The van der Waals surface area contributed by atoms with Crippen LogP contribution in [-0.2, 0) is 4.79 Å². The van der Waals surface area contributed by atoms with Crippen molar-refractivity contribution in [2.24, 2.45) is 0 Å². The van der Waals surface area contributed by atoms with Gasteiger partial charge in [-0.2, -0.15) is 0 Å². The highest BCUT2D eigenvalue weighted by Crippen LogP contribution is 2.38. The van der Waals surface area contributed by atoms with E-state index in [1.807, 2.05) is 0 Å². The zero-order valence-corrected chi connectivity index (χ0v) is 17.1. The second-order valence-electron chi connectivity index (χ2n) is 8.13. The first-order chi connectivity index (χ1) is 14.0. The monoisotopic (exact) mass is 388 g/mol. The van der Waals surface area contributed by atoms with Crippen LogP contribution in [0.15, 0.2) is 48.8 Å². The minimum absolute atomic E-state index is 0.253. The Labute approximate surface area is 171 Å². The third-order valence-electron chi connectivity index (χ3n) is 5.87. The van der Waals surface area contributed by atoms with Crippen molar-refractivity contribution in [1.29, 1.82) is 0 Å². The van der Waals surface area contributed by atoms with E-state index in [1.165, 1.54) is 33.0 Å². The number of nitrogens with one attached hydrogen (secondary N) is 2. The minimum atomic E-state index is -0.708. The molecule has 0 radical (unpaired) electrons. The number of unbranched alkanes of at least 4 members (excludes halogenated alkanes) is 2. The lowest BCUT2D eigenvalue weighted by atomic mass is 9.86. The summed E-state index contributed by atoms with van der Waals surface area (Å²) in [5, 5.41) is 11.5. The van der Waals surface area contributed by atoms with Crippen LogP contribution >= 0.6 is 0 Å². The number of aryl methyl sites for hydroxylation is 2. The van der Waals surface area contributed by atoms with Crippen LogP contribution in [0, 0.1) is 13.8 Å². The average molecular weight is 389 g/mol. The molecule has 4 rings (SSSR count). The molecule has 4 heteroatoms. The number of rotatable bonds is 8. The molecule has 0 spiro atoms. The van der Waals surface area contributed by atoms with Crippen molar-refractivity contribution in [3.05, 3.63) is 71.0 Å². The number of aromatic nitrogens is 2. The van der Waals surface area contributed by atoms with Gasteiger partial charge in [-0.1, -0.05) is 36.1 Å². The van der Waals surface area contributed by atoms with Gasteiger partial charge in [-0.05, 0) is 62.1 Å². The number of H-pyrrole nitrogens is 2. The van der Waals surface area contributed by atoms with Crippen LogP contribution in [0.2, 0.25) is 0 Å². The van der Waals surface area contributed by atoms with E-state index in [0.717, 1.165) is 36.7 Å². The lowest BCUT2D eigenvalue weighted by Gasteiger charge is -2.17. The molecule has 0 saturated carbocycles. The van der Waals surface area contributed by atoms with Crippen molar-refractivity contribution in [1.82, 2.24) is 9.97 Å². The van der Waals surface area contributed by atoms with Gasteiger partial charge in [-0.15, -0.1) is 0 Å². The SMILES string of the molecule is Cc1ccc2[nH]cc(C(CCCCCC(=O)O)c3c[nH]c4ccc(C)cc34)c2c1. The summed E-state index contributed by atoms with van der Waals surface area (Å²) >= 11 is 0. The maximum Gasteiger partial charge on any atom is 0.303 e. The van der Waals surface area contributed by atoms with Crippen molar-refractivity contribution in [3.63, 3.8) is 0 Å². The van der Waals surface area contributed by atoms with E-state index >= 15 is 0 Å². The van der Waals surface area contributed by atoms with Gasteiger partial charge in [0.15, 0.2) is 0 Å². The van der Waals surface area contributed by atoms with Crippen LogP contribution in [0.25, 0.3) is 21.8 Å². The normalized spacial score (nSPS) is 11.7. The summed E-state index contributed by atoms with van der Waals surface area (Å²) in [6.45, 7) is 4.26. The molecule has 0 aliphatic rings. The molecule has 0 amide bonds. The quantitative estimate of drug-likeness (QED) is 0.304. The number of carboxylic acids is 1. The second-order valence-corrected chi connectivity index (χ2v) is 8.13. The van der Waals surface area contributed by atoms with Crippen LogP contribution in [-0.4, -0.2) is 21.0 Å². The fourth-order valence-electron chi connectivity index (χ4n) is 4.37. The standard InChI is InChI=1S/C25H28N2O2/c1-16-8-10-23-19(12-16)21(14-26-23)18(6-4-3-5-7-25(28)29)22-15-27-24-11-9-17(2)13-20(22)24/h8-15,18,26-27H,3-7H2,1-2H3,(H,28,29). The molecule has 0 fully saturated rings. The highest BCUT2D eigenvalue weighted by molar-refractivity contribution is 5.88. The van der Waals surface area contributed by atoms with E-state index < -0.39 is 5.97 Å². The molecule has 3 N–H and O–H groups in total. The number of carbonyl (C=O) groups is 1. The topological polar surface area (TPSA) is 68.9 Å². The fourth-order valence-corrected chi connectivity index (χ4v) is 4.37. The van der Waals surface area contributed by atoms with Crippen LogP contribution in [0.4, 0.5) is 0 Å². The Morgan fingerprint density at radius 3 is 1.93 bits per heavy atom. The van der Waals surface area contributed by atoms with Crippen molar-refractivity contribution < 1.29 is 9.90 Å². The molecule has 150 valence electrons. The predicted octanol–water partition coefficient (Wildman–Crippen LogP) is 6.43. The number of benzene rings is 2. The smallest absolute Gasteiger partial charge is 0.303 e. The van der Waals surface area contributed by atoms with Crippen LogP contribution < -0.4 is 0 Å². The van der Waals surface area contributed by atoms with E-state index in [2.05, 4.69) is 72.6 Å². The van der Waals surface area contributed by atoms with E-state index in [-0.39, 0.29) is 12.3 Å². The van der Waals surface area contributed by atoms with Crippen LogP contribution in [0.1, 0.15) is 60.3 Å². The number of fused-ring (bicyclic) bond motifs is 2. The highest BCUT2D eigenvalue weighted by atomic mass is 16.4. The van der Waals surface area contributed by atoms with Gasteiger partial charge in [0.25, 0.3) is 0 Å². The fraction of sp³-hybridized carbons (Fsp3) is 0.320. The van der Waals surface area contributed by atoms with Gasteiger partial charge in [0, 0.05) is 46.5 Å². The molecule has 2 aromatic heterocycles. The molecule has 0 aliphatic heterocycles. The van der Waals surface area contributed by atoms with Gasteiger partial charge < -0.3 is 15.1 Å². The van der Waals surface area contributed by atoms with E-state index in [1.54, 1.807) is 0 Å².